The minimum Gasteiger partial charge on any atom is -0.478 e. The summed E-state index contributed by atoms with van der Waals surface area (Å²) in [5.41, 5.74) is 2.02. The zero-order valence-electron chi connectivity index (χ0n) is 15.0. The molecule has 0 aliphatic carbocycles. The standard InChI is InChI=1S/C19H21N5O2/c1-3-26-18-6-7-21-19(22-18)24-10-8-23(9-11-24)17-12-15(13-20)4-5-16(17)14(2)25/h4-7,12H,3,8-11H2,1-2H3. The number of hydrogen-bond donors (Lipinski definition) is 0. The van der Waals surface area contributed by atoms with Gasteiger partial charge in [-0.1, -0.05) is 0 Å². The molecule has 134 valence electrons. The molecule has 0 unspecified atom stereocenters. The van der Waals surface area contributed by atoms with Gasteiger partial charge in [0.05, 0.1) is 18.2 Å². The number of rotatable bonds is 5. The van der Waals surface area contributed by atoms with Gasteiger partial charge in [0.15, 0.2) is 5.78 Å². The van der Waals surface area contributed by atoms with Gasteiger partial charge >= 0.3 is 0 Å². The van der Waals surface area contributed by atoms with Crippen LogP contribution in [0.25, 0.3) is 0 Å². The maximum Gasteiger partial charge on any atom is 0.228 e. The van der Waals surface area contributed by atoms with Crippen molar-refractivity contribution in [3.63, 3.8) is 0 Å². The summed E-state index contributed by atoms with van der Waals surface area (Å²) in [6.45, 7) is 6.92. The lowest BCUT2D eigenvalue weighted by Crippen LogP contribution is -2.47. The largest absolute Gasteiger partial charge is 0.478 e. The maximum atomic E-state index is 11.9. The van der Waals surface area contributed by atoms with Gasteiger partial charge in [-0.25, -0.2) is 4.98 Å². The van der Waals surface area contributed by atoms with Crippen molar-refractivity contribution in [2.75, 3.05) is 42.6 Å². The van der Waals surface area contributed by atoms with Gasteiger partial charge in [0.1, 0.15) is 0 Å². The van der Waals surface area contributed by atoms with Crippen LogP contribution in [-0.2, 0) is 0 Å². The van der Waals surface area contributed by atoms with Crippen LogP contribution in [0.15, 0.2) is 30.5 Å². The first-order valence-corrected chi connectivity index (χ1v) is 8.63. The molecule has 0 amide bonds. The molecule has 0 atom stereocenters. The number of nitriles is 1. The zero-order valence-corrected chi connectivity index (χ0v) is 15.0. The highest BCUT2D eigenvalue weighted by atomic mass is 16.5. The summed E-state index contributed by atoms with van der Waals surface area (Å²) in [6, 6.07) is 9.10. The van der Waals surface area contributed by atoms with Gasteiger partial charge in [-0.05, 0) is 32.0 Å². The molecule has 0 saturated carbocycles. The molecule has 3 rings (SSSR count). The topological polar surface area (TPSA) is 82.4 Å². The van der Waals surface area contributed by atoms with E-state index in [-0.39, 0.29) is 5.78 Å². The fraction of sp³-hybridized carbons (Fsp3) is 0.368. The Kier molecular flexibility index (Phi) is 5.32. The van der Waals surface area contributed by atoms with E-state index in [4.69, 9.17) is 10.00 Å². The van der Waals surface area contributed by atoms with Crippen LogP contribution >= 0.6 is 0 Å². The minimum absolute atomic E-state index is 0.000307. The summed E-state index contributed by atoms with van der Waals surface area (Å²) in [7, 11) is 0. The average molecular weight is 351 g/mol. The van der Waals surface area contributed by atoms with Crippen molar-refractivity contribution in [2.45, 2.75) is 13.8 Å². The highest BCUT2D eigenvalue weighted by Crippen LogP contribution is 2.25. The van der Waals surface area contributed by atoms with E-state index in [1.54, 1.807) is 37.4 Å². The first-order chi connectivity index (χ1) is 12.6. The number of Topliss-reactive ketones (excluding diaryl/α,β-unsaturated/α-hetero) is 1. The molecule has 7 nitrogen and oxygen atoms in total. The van der Waals surface area contributed by atoms with Crippen LogP contribution in [0.3, 0.4) is 0 Å². The summed E-state index contributed by atoms with van der Waals surface area (Å²) >= 11 is 0. The number of benzene rings is 1. The number of anilines is 2. The Morgan fingerprint density at radius 1 is 1.23 bits per heavy atom. The summed E-state index contributed by atoms with van der Waals surface area (Å²) < 4.78 is 5.44. The van der Waals surface area contributed by atoms with Crippen molar-refractivity contribution in [2.24, 2.45) is 0 Å². The monoisotopic (exact) mass is 351 g/mol. The Morgan fingerprint density at radius 3 is 2.62 bits per heavy atom. The van der Waals surface area contributed by atoms with E-state index >= 15 is 0 Å². The Balaban J connectivity index is 1.76. The molecule has 2 aromatic rings. The minimum atomic E-state index is -0.000307. The second kappa shape index (κ2) is 7.83. The fourth-order valence-corrected chi connectivity index (χ4v) is 3.02. The van der Waals surface area contributed by atoms with Crippen LogP contribution in [-0.4, -0.2) is 48.5 Å². The molecule has 0 bridgehead atoms. The van der Waals surface area contributed by atoms with Crippen molar-refractivity contribution >= 4 is 17.4 Å². The molecule has 0 spiro atoms. The normalized spacial score (nSPS) is 14.0. The van der Waals surface area contributed by atoms with E-state index in [0.29, 0.717) is 29.6 Å². The van der Waals surface area contributed by atoms with Crippen LogP contribution in [0.2, 0.25) is 0 Å². The van der Waals surface area contributed by atoms with Crippen molar-refractivity contribution in [1.82, 2.24) is 9.97 Å². The number of ether oxygens (including phenoxy) is 1. The molecule has 1 aromatic heterocycles. The molecule has 0 radical (unpaired) electrons. The molecule has 2 heterocycles. The molecular formula is C19H21N5O2. The number of hydrogen-bond acceptors (Lipinski definition) is 7. The number of nitrogens with zero attached hydrogens (tertiary/aromatic N) is 5. The van der Waals surface area contributed by atoms with Crippen LogP contribution < -0.4 is 14.5 Å². The zero-order chi connectivity index (χ0) is 18.5. The van der Waals surface area contributed by atoms with Crippen molar-refractivity contribution in [3.05, 3.63) is 41.6 Å². The molecule has 1 aromatic carbocycles. The highest BCUT2D eigenvalue weighted by molar-refractivity contribution is 6.00. The van der Waals surface area contributed by atoms with Crippen LogP contribution in [0.1, 0.15) is 29.8 Å². The summed E-state index contributed by atoms with van der Waals surface area (Å²) in [5, 5.41) is 9.16. The molecule has 1 saturated heterocycles. The SMILES string of the molecule is CCOc1ccnc(N2CCN(c3cc(C#N)ccc3C(C)=O)CC2)n1. The van der Waals surface area contributed by atoms with E-state index in [1.807, 2.05) is 6.92 Å². The lowest BCUT2D eigenvalue weighted by atomic mass is 10.0. The number of ketones is 1. The van der Waals surface area contributed by atoms with E-state index in [2.05, 4.69) is 25.8 Å². The lowest BCUT2D eigenvalue weighted by Gasteiger charge is -2.36. The van der Waals surface area contributed by atoms with Gasteiger partial charge in [-0.3, -0.25) is 4.79 Å². The third kappa shape index (κ3) is 3.75. The Labute approximate surface area is 152 Å². The molecule has 1 aliphatic rings. The second-order valence-electron chi connectivity index (χ2n) is 6.00. The first kappa shape index (κ1) is 17.7. The average Bonchev–Trinajstić information content (AvgIpc) is 2.68. The van der Waals surface area contributed by atoms with Gasteiger partial charge in [0.25, 0.3) is 0 Å². The van der Waals surface area contributed by atoms with E-state index in [9.17, 15) is 4.79 Å². The maximum absolute atomic E-state index is 11.9. The smallest absolute Gasteiger partial charge is 0.228 e. The van der Waals surface area contributed by atoms with Gasteiger partial charge in [0, 0.05) is 49.7 Å². The highest BCUT2D eigenvalue weighted by Gasteiger charge is 2.22. The lowest BCUT2D eigenvalue weighted by molar-refractivity contribution is 0.101. The quantitative estimate of drug-likeness (QED) is 0.764. The summed E-state index contributed by atoms with van der Waals surface area (Å²) in [5.74, 6) is 1.22. The van der Waals surface area contributed by atoms with Crippen LogP contribution in [0.5, 0.6) is 5.88 Å². The second-order valence-corrected chi connectivity index (χ2v) is 6.00. The Hall–Kier alpha value is -3.14. The van der Waals surface area contributed by atoms with E-state index in [0.717, 1.165) is 31.9 Å². The Morgan fingerprint density at radius 2 is 1.96 bits per heavy atom. The summed E-state index contributed by atoms with van der Waals surface area (Å²) in [4.78, 5) is 24.9. The molecule has 0 N–H and O–H groups in total. The van der Waals surface area contributed by atoms with Crippen molar-refractivity contribution < 1.29 is 9.53 Å². The molecule has 7 heteroatoms. The number of aromatic nitrogens is 2. The van der Waals surface area contributed by atoms with Crippen molar-refractivity contribution in [1.29, 1.82) is 5.26 Å². The van der Waals surface area contributed by atoms with Gasteiger partial charge in [0.2, 0.25) is 11.8 Å². The third-order valence-corrected chi connectivity index (χ3v) is 4.32. The summed E-state index contributed by atoms with van der Waals surface area (Å²) in [6.07, 6.45) is 1.70. The number of piperazine rings is 1. The van der Waals surface area contributed by atoms with E-state index < -0.39 is 0 Å². The van der Waals surface area contributed by atoms with Crippen LogP contribution in [0, 0.1) is 11.3 Å². The van der Waals surface area contributed by atoms with Gasteiger partial charge in [-0.15, -0.1) is 0 Å². The molecule has 1 aliphatic heterocycles. The van der Waals surface area contributed by atoms with Crippen LogP contribution in [0.4, 0.5) is 11.6 Å². The van der Waals surface area contributed by atoms with E-state index in [1.165, 1.54) is 0 Å². The predicted molar refractivity (Wildman–Crippen MR) is 98.8 cm³/mol. The number of carbonyl (C=O) groups is 1. The molecule has 26 heavy (non-hydrogen) atoms. The first-order valence-electron chi connectivity index (χ1n) is 8.63. The van der Waals surface area contributed by atoms with Crippen molar-refractivity contribution in [3.8, 4) is 11.9 Å². The molecular weight excluding hydrogens is 330 g/mol. The Bertz CT molecular complexity index is 838. The number of carbonyl (C=O) groups excluding carboxylic acids is 1. The predicted octanol–water partition coefficient (Wildman–Crippen LogP) is 2.28. The third-order valence-electron chi connectivity index (χ3n) is 4.32. The van der Waals surface area contributed by atoms with Gasteiger partial charge in [-0.2, -0.15) is 10.2 Å². The van der Waals surface area contributed by atoms with Gasteiger partial charge < -0.3 is 14.5 Å². The molecule has 1 fully saturated rings. The fourth-order valence-electron chi connectivity index (χ4n) is 3.02.